The zero-order valence-corrected chi connectivity index (χ0v) is 29.9. The van der Waals surface area contributed by atoms with Crippen LogP contribution in [0.3, 0.4) is 0 Å². The van der Waals surface area contributed by atoms with Gasteiger partial charge in [-0.05, 0) is 122 Å². The Morgan fingerprint density at radius 3 is 1.00 bits per heavy atom. The van der Waals surface area contributed by atoms with Gasteiger partial charge in [0, 0.05) is 0 Å². The van der Waals surface area contributed by atoms with E-state index in [0.717, 1.165) is 138 Å². The molecule has 4 heteroatoms. The number of rotatable bonds is 24. The highest BCUT2D eigenvalue weighted by Crippen LogP contribution is 2.50. The number of aliphatic hydroxyl groups is 4. The number of benzene rings is 2. The lowest BCUT2D eigenvalue weighted by atomic mass is 9.62. The first kappa shape index (κ1) is 39.5. The van der Waals surface area contributed by atoms with Crippen LogP contribution in [-0.2, 0) is 44.1 Å². The van der Waals surface area contributed by atoms with E-state index in [1.807, 2.05) is 0 Å². The molecule has 2 rings (SSSR count). The number of aliphatic hydroxyl groups excluding tert-OH is 3. The van der Waals surface area contributed by atoms with Crippen LogP contribution in [0.5, 0.6) is 0 Å². The molecule has 256 valence electrons. The van der Waals surface area contributed by atoms with Crippen LogP contribution >= 0.6 is 0 Å². The Bertz CT molecular complexity index is 1030. The van der Waals surface area contributed by atoms with Gasteiger partial charge in [0.05, 0.1) is 25.2 Å². The molecule has 0 unspecified atom stereocenters. The van der Waals surface area contributed by atoms with Crippen LogP contribution in [0.15, 0.2) is 24.3 Å². The lowest BCUT2D eigenvalue weighted by Crippen LogP contribution is -2.55. The van der Waals surface area contributed by atoms with Crippen molar-refractivity contribution in [2.24, 2.45) is 5.41 Å². The zero-order valence-electron chi connectivity index (χ0n) is 29.9. The van der Waals surface area contributed by atoms with E-state index < -0.39 is 30.8 Å². The van der Waals surface area contributed by atoms with Gasteiger partial charge in [0.15, 0.2) is 0 Å². The fourth-order valence-corrected chi connectivity index (χ4v) is 7.18. The quantitative estimate of drug-likeness (QED) is 0.0940. The molecule has 0 bridgehead atoms. The molecule has 0 heterocycles. The third kappa shape index (κ3) is 9.21. The molecule has 2 aromatic carbocycles. The summed E-state index contributed by atoms with van der Waals surface area (Å²) in [5.41, 5.74) is 5.89. The molecule has 0 aliphatic carbocycles. The predicted molar refractivity (Wildman–Crippen MR) is 191 cm³/mol. The van der Waals surface area contributed by atoms with Gasteiger partial charge in [0.1, 0.15) is 5.60 Å². The summed E-state index contributed by atoms with van der Waals surface area (Å²) in [6.07, 6.45) is 18.4. The summed E-state index contributed by atoms with van der Waals surface area (Å²) in [5, 5.41) is 46.7. The SMILES string of the molecule is CCCCc1ccc(C(O)(c2ccc(CCCC)c(CCCC)c2CCCC)C(CO)(CO)CO)c(CCCC)c1CCCC. The molecule has 0 spiro atoms. The number of aryl methyl sites for hydroxylation is 2. The summed E-state index contributed by atoms with van der Waals surface area (Å²) >= 11 is 0. The van der Waals surface area contributed by atoms with E-state index in [1.165, 1.54) is 22.3 Å². The number of hydrogen-bond donors (Lipinski definition) is 4. The highest BCUT2D eigenvalue weighted by Gasteiger charge is 2.54. The van der Waals surface area contributed by atoms with Gasteiger partial charge in [-0.25, -0.2) is 0 Å². The van der Waals surface area contributed by atoms with E-state index in [-0.39, 0.29) is 0 Å². The molecule has 0 radical (unpaired) electrons. The predicted octanol–water partition coefficient (Wildman–Crippen LogP) is 8.94. The van der Waals surface area contributed by atoms with Crippen molar-refractivity contribution in [3.63, 3.8) is 0 Å². The highest BCUT2D eigenvalue weighted by molar-refractivity contribution is 5.54. The average molecular weight is 625 g/mol. The number of unbranched alkanes of at least 4 members (excludes halogenated alkanes) is 6. The second kappa shape index (κ2) is 20.5. The minimum absolute atomic E-state index is 0.527. The van der Waals surface area contributed by atoms with Crippen LogP contribution in [-0.4, -0.2) is 40.2 Å². The third-order valence-corrected chi connectivity index (χ3v) is 10.2. The summed E-state index contributed by atoms with van der Waals surface area (Å²) in [4.78, 5) is 0. The molecule has 4 nitrogen and oxygen atoms in total. The van der Waals surface area contributed by atoms with Gasteiger partial charge in [0.2, 0.25) is 0 Å². The van der Waals surface area contributed by atoms with E-state index in [1.54, 1.807) is 0 Å². The van der Waals surface area contributed by atoms with Crippen LogP contribution in [0.1, 0.15) is 163 Å². The summed E-state index contributed by atoms with van der Waals surface area (Å²) in [6, 6.07) is 8.57. The van der Waals surface area contributed by atoms with Crippen molar-refractivity contribution in [2.45, 2.75) is 163 Å². The monoisotopic (exact) mass is 625 g/mol. The molecular formula is C41H68O4. The standard InChI is InChI=1S/C41H68O4/c1-7-13-19-32-25-27-38(36(23-17-11-5)34(32)21-15-9-3)41(45,40(29-42,30-43)31-44)39-28-26-33(20-14-8-2)35(22-16-10-4)37(39)24-18-12-6/h25-28,42-45H,7-24,29-31H2,1-6H3. The Labute approximate surface area is 276 Å². The Morgan fingerprint density at radius 1 is 0.422 bits per heavy atom. The van der Waals surface area contributed by atoms with Gasteiger partial charge in [-0.3, -0.25) is 0 Å². The molecule has 45 heavy (non-hydrogen) atoms. The van der Waals surface area contributed by atoms with E-state index >= 15 is 0 Å². The molecule has 0 saturated heterocycles. The first-order valence-electron chi connectivity index (χ1n) is 18.7. The van der Waals surface area contributed by atoms with E-state index in [0.29, 0.717) is 0 Å². The second-order valence-corrected chi connectivity index (χ2v) is 13.5. The Balaban J connectivity index is 3.16. The fourth-order valence-electron chi connectivity index (χ4n) is 7.18. The third-order valence-electron chi connectivity index (χ3n) is 10.2. The normalized spacial score (nSPS) is 12.3. The van der Waals surface area contributed by atoms with Gasteiger partial charge in [-0.2, -0.15) is 0 Å². The molecule has 0 aliphatic rings. The molecule has 0 saturated carbocycles. The molecule has 2 aromatic rings. The van der Waals surface area contributed by atoms with Crippen molar-refractivity contribution in [1.29, 1.82) is 0 Å². The Kier molecular flexibility index (Phi) is 18.0. The molecule has 0 fully saturated rings. The molecule has 4 N–H and O–H groups in total. The topological polar surface area (TPSA) is 80.9 Å². The number of hydrogen-bond acceptors (Lipinski definition) is 4. The van der Waals surface area contributed by atoms with Crippen LogP contribution < -0.4 is 0 Å². The molecule has 0 atom stereocenters. The smallest absolute Gasteiger partial charge is 0.127 e. The van der Waals surface area contributed by atoms with Gasteiger partial charge >= 0.3 is 0 Å². The Morgan fingerprint density at radius 2 is 0.711 bits per heavy atom. The minimum atomic E-state index is -1.77. The van der Waals surface area contributed by atoms with Crippen molar-refractivity contribution in [2.75, 3.05) is 19.8 Å². The van der Waals surface area contributed by atoms with Crippen LogP contribution in [0.2, 0.25) is 0 Å². The van der Waals surface area contributed by atoms with Crippen molar-refractivity contribution < 1.29 is 20.4 Å². The largest absolute Gasteiger partial charge is 0.395 e. The molecular weight excluding hydrogens is 556 g/mol. The Hall–Kier alpha value is -1.72. The lowest BCUT2D eigenvalue weighted by Gasteiger charge is -2.47. The van der Waals surface area contributed by atoms with E-state index in [2.05, 4.69) is 65.8 Å². The summed E-state index contributed by atoms with van der Waals surface area (Å²) in [6.45, 7) is 11.7. The van der Waals surface area contributed by atoms with E-state index in [9.17, 15) is 20.4 Å². The maximum Gasteiger partial charge on any atom is 0.127 e. The van der Waals surface area contributed by atoms with Gasteiger partial charge in [-0.15, -0.1) is 0 Å². The van der Waals surface area contributed by atoms with Crippen LogP contribution in [0.4, 0.5) is 0 Å². The average Bonchev–Trinajstić information content (AvgIpc) is 3.06. The van der Waals surface area contributed by atoms with Crippen molar-refractivity contribution in [1.82, 2.24) is 0 Å². The van der Waals surface area contributed by atoms with Crippen molar-refractivity contribution in [3.05, 3.63) is 68.8 Å². The fraction of sp³-hybridized carbons (Fsp3) is 0.707. The summed E-state index contributed by atoms with van der Waals surface area (Å²) < 4.78 is 0. The summed E-state index contributed by atoms with van der Waals surface area (Å²) in [7, 11) is 0. The zero-order chi connectivity index (χ0) is 33.3. The highest BCUT2D eigenvalue weighted by atomic mass is 16.3. The summed E-state index contributed by atoms with van der Waals surface area (Å²) in [5.74, 6) is 0. The van der Waals surface area contributed by atoms with Gasteiger partial charge in [0.25, 0.3) is 0 Å². The first-order chi connectivity index (χ1) is 21.8. The maximum absolute atomic E-state index is 13.6. The first-order valence-corrected chi connectivity index (χ1v) is 18.7. The van der Waals surface area contributed by atoms with Crippen LogP contribution in [0, 0.1) is 5.41 Å². The molecule has 0 aromatic heterocycles. The molecule has 0 amide bonds. The van der Waals surface area contributed by atoms with E-state index in [4.69, 9.17) is 0 Å². The molecule has 0 aliphatic heterocycles. The van der Waals surface area contributed by atoms with Gasteiger partial charge < -0.3 is 20.4 Å². The maximum atomic E-state index is 13.6. The van der Waals surface area contributed by atoms with Crippen molar-refractivity contribution >= 4 is 0 Å². The minimum Gasteiger partial charge on any atom is -0.395 e. The second-order valence-electron chi connectivity index (χ2n) is 13.5. The lowest BCUT2D eigenvalue weighted by molar-refractivity contribution is -0.136. The van der Waals surface area contributed by atoms with Crippen LogP contribution in [0.25, 0.3) is 0 Å². The van der Waals surface area contributed by atoms with Gasteiger partial charge in [-0.1, -0.05) is 104 Å². The van der Waals surface area contributed by atoms with Crippen molar-refractivity contribution in [3.8, 4) is 0 Å².